The zero-order chi connectivity index (χ0) is 21.1. The van der Waals surface area contributed by atoms with Crippen molar-refractivity contribution in [3.63, 3.8) is 0 Å². The molecular formula is C21H24FN5OS. The molecule has 0 unspecified atom stereocenters. The predicted octanol–water partition coefficient (Wildman–Crippen LogP) is 4.35. The fourth-order valence-electron chi connectivity index (χ4n) is 2.96. The van der Waals surface area contributed by atoms with Crippen LogP contribution in [0.25, 0.3) is 11.4 Å². The van der Waals surface area contributed by atoms with E-state index in [1.807, 2.05) is 25.1 Å². The van der Waals surface area contributed by atoms with Crippen LogP contribution < -0.4 is 11.2 Å². The van der Waals surface area contributed by atoms with E-state index >= 15 is 0 Å². The van der Waals surface area contributed by atoms with Gasteiger partial charge in [-0.05, 0) is 43.0 Å². The number of benzene rings is 2. The van der Waals surface area contributed by atoms with Crippen molar-refractivity contribution in [3.8, 4) is 11.4 Å². The maximum Gasteiger partial charge on any atom is 0.237 e. The topological polar surface area (TPSA) is 85.8 Å². The minimum Gasteiger partial charge on any atom is -0.335 e. The third-order valence-corrected chi connectivity index (χ3v) is 5.63. The van der Waals surface area contributed by atoms with Gasteiger partial charge < -0.3 is 11.2 Å². The highest BCUT2D eigenvalue weighted by Crippen LogP contribution is 2.30. The summed E-state index contributed by atoms with van der Waals surface area (Å²) in [5.74, 6) is 6.18. The number of hydrogen-bond donors (Lipinski definition) is 2. The fraction of sp³-hybridized carbons (Fsp3) is 0.286. The lowest BCUT2D eigenvalue weighted by molar-refractivity contribution is -0.115. The molecule has 1 heterocycles. The van der Waals surface area contributed by atoms with Gasteiger partial charge in [-0.15, -0.1) is 10.2 Å². The molecule has 6 nitrogen and oxygen atoms in total. The van der Waals surface area contributed by atoms with Crippen molar-refractivity contribution in [2.75, 3.05) is 11.2 Å². The average Bonchev–Trinajstić information content (AvgIpc) is 3.03. The van der Waals surface area contributed by atoms with Gasteiger partial charge in [0.05, 0.1) is 5.25 Å². The van der Waals surface area contributed by atoms with Crippen LogP contribution in [-0.2, 0) is 4.79 Å². The van der Waals surface area contributed by atoms with Crippen LogP contribution in [0.4, 0.5) is 10.1 Å². The van der Waals surface area contributed by atoms with Crippen molar-refractivity contribution in [2.45, 2.75) is 44.0 Å². The quantitative estimate of drug-likeness (QED) is 0.463. The second-order valence-electron chi connectivity index (χ2n) is 7.13. The number of para-hydroxylation sites is 1. The largest absolute Gasteiger partial charge is 0.335 e. The first kappa shape index (κ1) is 20.9. The van der Waals surface area contributed by atoms with Crippen molar-refractivity contribution in [1.29, 1.82) is 0 Å². The van der Waals surface area contributed by atoms with Crippen LogP contribution in [0.3, 0.4) is 0 Å². The summed E-state index contributed by atoms with van der Waals surface area (Å²) < 4.78 is 14.8. The van der Waals surface area contributed by atoms with Crippen LogP contribution in [0, 0.1) is 12.7 Å². The predicted molar refractivity (Wildman–Crippen MR) is 115 cm³/mol. The number of nitrogens with one attached hydrogen (secondary N) is 1. The molecule has 0 saturated heterocycles. The summed E-state index contributed by atoms with van der Waals surface area (Å²) in [5, 5.41) is 11.1. The summed E-state index contributed by atoms with van der Waals surface area (Å²) in [5.41, 5.74) is 3.46. The summed E-state index contributed by atoms with van der Waals surface area (Å²) in [4.78, 5) is 12.8. The molecule has 3 aromatic rings. The Hall–Kier alpha value is -2.87. The number of aryl methyl sites for hydroxylation is 1. The summed E-state index contributed by atoms with van der Waals surface area (Å²) in [6.45, 7) is 7.94. The van der Waals surface area contributed by atoms with E-state index in [2.05, 4.69) is 29.4 Å². The molecule has 1 atom stereocenters. The lowest BCUT2D eigenvalue weighted by Gasteiger charge is -2.18. The maximum absolute atomic E-state index is 13.5. The molecule has 0 aliphatic rings. The number of carbonyl (C=O) groups excluding carboxylic acids is 1. The maximum atomic E-state index is 13.5. The van der Waals surface area contributed by atoms with Gasteiger partial charge in [-0.2, -0.15) is 0 Å². The van der Waals surface area contributed by atoms with Gasteiger partial charge in [0.2, 0.25) is 11.1 Å². The molecule has 1 aromatic heterocycles. The van der Waals surface area contributed by atoms with E-state index in [1.54, 1.807) is 19.1 Å². The van der Waals surface area contributed by atoms with Crippen LogP contribution in [0.15, 0.2) is 47.6 Å². The van der Waals surface area contributed by atoms with E-state index in [0.29, 0.717) is 16.5 Å². The normalized spacial score (nSPS) is 12.2. The highest BCUT2D eigenvalue weighted by molar-refractivity contribution is 8.00. The first-order valence-corrected chi connectivity index (χ1v) is 10.2. The molecule has 0 radical (unpaired) electrons. The summed E-state index contributed by atoms with van der Waals surface area (Å²) >= 11 is 1.20. The average molecular weight is 414 g/mol. The molecule has 29 heavy (non-hydrogen) atoms. The standard InChI is InChI=1S/C21H24FN5OS/c1-12(2)17-10-5-7-13(3)18(17)24-20(28)14(4)29-21-26-25-19(27(21)23)15-8-6-9-16(22)11-15/h5-12,14H,23H2,1-4H3,(H,24,28)/t14-/m0/s1. The Morgan fingerprint density at radius 3 is 2.59 bits per heavy atom. The number of aromatic nitrogens is 3. The number of amides is 1. The van der Waals surface area contributed by atoms with E-state index in [9.17, 15) is 9.18 Å². The number of nitrogens with zero attached hydrogens (tertiary/aromatic N) is 3. The third-order valence-electron chi connectivity index (χ3n) is 4.57. The SMILES string of the molecule is Cc1cccc(C(C)C)c1NC(=O)[C@H](C)Sc1nnc(-c2cccc(F)c2)n1N. The Balaban J connectivity index is 1.76. The van der Waals surface area contributed by atoms with E-state index in [0.717, 1.165) is 16.8 Å². The monoisotopic (exact) mass is 413 g/mol. The van der Waals surface area contributed by atoms with Crippen molar-refractivity contribution in [3.05, 3.63) is 59.4 Å². The molecule has 8 heteroatoms. The van der Waals surface area contributed by atoms with E-state index < -0.39 is 5.25 Å². The molecule has 3 rings (SSSR count). The molecule has 152 valence electrons. The van der Waals surface area contributed by atoms with Gasteiger partial charge in [-0.1, -0.05) is 55.9 Å². The van der Waals surface area contributed by atoms with Crippen molar-refractivity contribution in [1.82, 2.24) is 14.9 Å². The lowest BCUT2D eigenvalue weighted by atomic mass is 9.98. The van der Waals surface area contributed by atoms with Crippen LogP contribution in [0.2, 0.25) is 0 Å². The highest BCUT2D eigenvalue weighted by atomic mass is 32.2. The van der Waals surface area contributed by atoms with Crippen LogP contribution in [0.1, 0.15) is 37.8 Å². The Labute approximate surface area is 173 Å². The lowest BCUT2D eigenvalue weighted by Crippen LogP contribution is -2.25. The van der Waals surface area contributed by atoms with Crippen LogP contribution >= 0.6 is 11.8 Å². The molecule has 2 aromatic carbocycles. The molecular weight excluding hydrogens is 389 g/mol. The second kappa shape index (κ2) is 8.65. The summed E-state index contributed by atoms with van der Waals surface area (Å²) in [6.07, 6.45) is 0. The molecule has 0 aliphatic carbocycles. The number of hydrogen-bond acceptors (Lipinski definition) is 5. The van der Waals surface area contributed by atoms with Crippen molar-refractivity contribution >= 4 is 23.4 Å². The smallest absolute Gasteiger partial charge is 0.237 e. The first-order valence-electron chi connectivity index (χ1n) is 9.31. The van der Waals surface area contributed by atoms with Crippen molar-refractivity contribution in [2.24, 2.45) is 0 Å². The van der Waals surface area contributed by atoms with Gasteiger partial charge in [-0.3, -0.25) is 4.79 Å². The van der Waals surface area contributed by atoms with Gasteiger partial charge >= 0.3 is 0 Å². The minimum absolute atomic E-state index is 0.151. The third kappa shape index (κ3) is 4.59. The molecule has 0 aliphatic heterocycles. The number of halogens is 1. The van der Waals surface area contributed by atoms with Gasteiger partial charge in [0, 0.05) is 11.3 Å². The zero-order valence-electron chi connectivity index (χ0n) is 16.8. The minimum atomic E-state index is -0.457. The van der Waals surface area contributed by atoms with E-state index in [-0.39, 0.29) is 17.6 Å². The molecule has 1 amide bonds. The highest BCUT2D eigenvalue weighted by Gasteiger charge is 2.22. The number of nitrogen functional groups attached to an aromatic ring is 1. The molecule has 3 N–H and O–H groups in total. The summed E-state index contributed by atoms with van der Waals surface area (Å²) in [6, 6.07) is 11.9. The Morgan fingerprint density at radius 1 is 1.17 bits per heavy atom. The van der Waals surface area contributed by atoms with Crippen LogP contribution in [-0.4, -0.2) is 26.0 Å². The first-order chi connectivity index (χ1) is 13.8. The van der Waals surface area contributed by atoms with Crippen molar-refractivity contribution < 1.29 is 9.18 Å². The number of anilines is 1. The number of carbonyl (C=O) groups is 1. The Morgan fingerprint density at radius 2 is 1.90 bits per heavy atom. The second-order valence-corrected chi connectivity index (χ2v) is 8.44. The van der Waals surface area contributed by atoms with E-state index in [1.165, 1.54) is 28.6 Å². The zero-order valence-corrected chi connectivity index (χ0v) is 17.6. The Bertz CT molecular complexity index is 1030. The molecule has 0 spiro atoms. The molecule has 0 saturated carbocycles. The van der Waals surface area contributed by atoms with E-state index in [4.69, 9.17) is 5.84 Å². The number of rotatable bonds is 6. The van der Waals surface area contributed by atoms with Crippen LogP contribution in [0.5, 0.6) is 0 Å². The fourth-order valence-corrected chi connectivity index (χ4v) is 3.73. The number of nitrogens with two attached hydrogens (primary N) is 1. The van der Waals surface area contributed by atoms with Gasteiger partial charge in [0.15, 0.2) is 5.82 Å². The summed E-state index contributed by atoms with van der Waals surface area (Å²) in [7, 11) is 0. The van der Waals surface area contributed by atoms with Gasteiger partial charge in [0.1, 0.15) is 5.82 Å². The number of thioether (sulfide) groups is 1. The molecule has 0 bridgehead atoms. The Kier molecular flexibility index (Phi) is 6.22. The van der Waals surface area contributed by atoms with Gasteiger partial charge in [0.25, 0.3) is 0 Å². The van der Waals surface area contributed by atoms with Gasteiger partial charge in [-0.25, -0.2) is 9.07 Å². The molecule has 0 fully saturated rings.